The van der Waals surface area contributed by atoms with E-state index in [1.165, 1.54) is 50.6 Å². The minimum absolute atomic E-state index is 0.153. The third-order valence-corrected chi connectivity index (χ3v) is 7.16. The summed E-state index contributed by atoms with van der Waals surface area (Å²) in [7, 11) is -2.46. The summed E-state index contributed by atoms with van der Waals surface area (Å²) < 4.78 is 33.0. The highest BCUT2D eigenvalue weighted by molar-refractivity contribution is 7.48. The van der Waals surface area contributed by atoms with Crippen LogP contribution in [-0.2, 0) is 36.5 Å². The number of esters is 2. The molecule has 4 rings (SSSR count). The molecular formula is C32H27O10P. The standard InChI is InChI=1S/C32H27O10P/c1-39-29(33)19-23-17-25(13-15-27(23)31(35)21-9-5-3-6-10-21)41-43(37,38)42-26-14-16-28(24(18-26)20-30(34)40-2)32(36)22-11-7-4-8-12-22/h3-18H,19-20H2,1-2H3,(H,37,38). The van der Waals surface area contributed by atoms with Gasteiger partial charge in [0.05, 0.1) is 27.1 Å². The Kier molecular flexibility index (Phi) is 9.87. The first kappa shape index (κ1) is 30.9. The van der Waals surface area contributed by atoms with Gasteiger partial charge in [-0.05, 0) is 47.5 Å². The topological polar surface area (TPSA) is 142 Å². The van der Waals surface area contributed by atoms with Crippen molar-refractivity contribution in [3.63, 3.8) is 0 Å². The number of carbonyl (C=O) groups excluding carboxylic acids is 4. The smallest absolute Gasteiger partial charge is 0.469 e. The molecule has 0 heterocycles. The average molecular weight is 603 g/mol. The summed E-state index contributed by atoms with van der Waals surface area (Å²) in [6, 6.07) is 24.7. The van der Waals surface area contributed by atoms with Crippen molar-refractivity contribution in [1.29, 1.82) is 0 Å². The highest BCUT2D eigenvalue weighted by Gasteiger charge is 2.28. The molecule has 0 saturated carbocycles. The zero-order valence-electron chi connectivity index (χ0n) is 23.2. The Bertz CT molecular complexity index is 1580. The van der Waals surface area contributed by atoms with Gasteiger partial charge in [-0.3, -0.25) is 24.1 Å². The largest absolute Gasteiger partial charge is 0.584 e. The van der Waals surface area contributed by atoms with Gasteiger partial charge in [-0.25, -0.2) is 4.57 Å². The van der Waals surface area contributed by atoms with Gasteiger partial charge in [-0.15, -0.1) is 0 Å². The van der Waals surface area contributed by atoms with Crippen LogP contribution < -0.4 is 9.05 Å². The predicted octanol–water partition coefficient (Wildman–Crippen LogP) is 5.14. The average Bonchev–Trinajstić information content (AvgIpc) is 3.01. The number of ether oxygens (including phenoxy) is 2. The van der Waals surface area contributed by atoms with Gasteiger partial charge >= 0.3 is 19.8 Å². The SMILES string of the molecule is COC(=O)Cc1cc(OP(=O)(O)Oc2ccc(C(=O)c3ccccc3)c(CC(=O)OC)c2)ccc1C(=O)c1ccccc1. The van der Waals surface area contributed by atoms with Gasteiger partial charge in [0.15, 0.2) is 11.6 Å². The molecule has 0 aliphatic rings. The van der Waals surface area contributed by atoms with E-state index in [2.05, 4.69) is 0 Å². The molecule has 0 unspecified atom stereocenters. The molecule has 0 saturated heterocycles. The number of phosphoric ester groups is 1. The maximum Gasteiger partial charge on any atom is 0.584 e. The summed E-state index contributed by atoms with van der Waals surface area (Å²) in [6.45, 7) is 0. The van der Waals surface area contributed by atoms with Crippen molar-refractivity contribution in [2.75, 3.05) is 14.2 Å². The van der Waals surface area contributed by atoms with Crippen LogP contribution in [0.1, 0.15) is 43.0 Å². The Hall–Kier alpha value is -5.05. The molecule has 0 aromatic heterocycles. The lowest BCUT2D eigenvalue weighted by molar-refractivity contribution is -0.140. The van der Waals surface area contributed by atoms with E-state index in [1.54, 1.807) is 60.7 Å². The zero-order chi connectivity index (χ0) is 31.0. The molecule has 0 amide bonds. The number of carbonyl (C=O) groups is 4. The first-order valence-corrected chi connectivity index (χ1v) is 14.4. The summed E-state index contributed by atoms with van der Waals surface area (Å²) in [5, 5.41) is 0. The molecule has 4 aromatic rings. The lowest BCUT2D eigenvalue weighted by atomic mass is 9.96. The van der Waals surface area contributed by atoms with Crippen LogP contribution in [0, 0.1) is 0 Å². The fourth-order valence-corrected chi connectivity index (χ4v) is 5.02. The summed E-state index contributed by atoms with van der Waals surface area (Å²) >= 11 is 0. The van der Waals surface area contributed by atoms with Crippen LogP contribution in [0.2, 0.25) is 0 Å². The Morgan fingerprint density at radius 3 is 1.33 bits per heavy atom. The minimum atomic E-state index is -4.85. The fourth-order valence-electron chi connectivity index (χ4n) is 4.22. The van der Waals surface area contributed by atoms with Gasteiger partial charge < -0.3 is 18.5 Å². The Morgan fingerprint density at radius 1 is 0.605 bits per heavy atom. The number of phosphoric acid groups is 1. The van der Waals surface area contributed by atoms with Crippen molar-refractivity contribution in [3.05, 3.63) is 130 Å². The van der Waals surface area contributed by atoms with Crippen molar-refractivity contribution >= 4 is 31.3 Å². The quantitative estimate of drug-likeness (QED) is 0.132. The highest BCUT2D eigenvalue weighted by Crippen LogP contribution is 2.45. The van der Waals surface area contributed by atoms with Crippen LogP contribution in [0.5, 0.6) is 11.5 Å². The molecule has 220 valence electrons. The van der Waals surface area contributed by atoms with Crippen LogP contribution in [0.25, 0.3) is 0 Å². The zero-order valence-corrected chi connectivity index (χ0v) is 24.1. The molecule has 0 fully saturated rings. The maximum atomic E-state index is 13.1. The normalized spacial score (nSPS) is 10.9. The molecular weight excluding hydrogens is 575 g/mol. The summed E-state index contributed by atoms with van der Waals surface area (Å²) in [6.07, 6.45) is -0.599. The molecule has 11 heteroatoms. The maximum absolute atomic E-state index is 13.1. The fraction of sp³-hybridized carbons (Fsp3) is 0.125. The third kappa shape index (κ3) is 8.03. The second-order valence-electron chi connectivity index (χ2n) is 9.19. The minimum Gasteiger partial charge on any atom is -0.469 e. The van der Waals surface area contributed by atoms with E-state index in [0.29, 0.717) is 11.1 Å². The third-order valence-electron chi connectivity index (χ3n) is 6.28. The Balaban J connectivity index is 1.60. The lowest BCUT2D eigenvalue weighted by Gasteiger charge is -2.17. The molecule has 0 aliphatic carbocycles. The summed E-state index contributed by atoms with van der Waals surface area (Å²) in [5.74, 6) is -2.30. The van der Waals surface area contributed by atoms with E-state index in [0.717, 1.165) is 0 Å². The Morgan fingerprint density at radius 2 is 0.977 bits per heavy atom. The van der Waals surface area contributed by atoms with Gasteiger partial charge in [-0.1, -0.05) is 60.7 Å². The highest BCUT2D eigenvalue weighted by atomic mass is 31.2. The van der Waals surface area contributed by atoms with Gasteiger partial charge in [0, 0.05) is 22.3 Å². The number of hydrogen-bond acceptors (Lipinski definition) is 9. The van der Waals surface area contributed by atoms with Gasteiger partial charge in [-0.2, -0.15) is 0 Å². The molecule has 0 radical (unpaired) electrons. The number of benzene rings is 4. The molecule has 43 heavy (non-hydrogen) atoms. The van der Waals surface area contributed by atoms with Gasteiger partial charge in [0.1, 0.15) is 11.5 Å². The van der Waals surface area contributed by atoms with Gasteiger partial charge in [0.25, 0.3) is 0 Å². The Labute approximate surface area is 247 Å². The number of rotatable bonds is 12. The number of hydrogen-bond donors (Lipinski definition) is 1. The summed E-state index contributed by atoms with van der Waals surface area (Å²) in [4.78, 5) is 60.9. The van der Waals surface area contributed by atoms with Crippen LogP contribution in [-0.4, -0.2) is 42.6 Å². The van der Waals surface area contributed by atoms with Crippen molar-refractivity contribution in [2.45, 2.75) is 12.8 Å². The monoisotopic (exact) mass is 602 g/mol. The molecule has 4 aromatic carbocycles. The van der Waals surface area contributed by atoms with Gasteiger partial charge in [0.2, 0.25) is 0 Å². The molecule has 10 nitrogen and oxygen atoms in total. The molecule has 0 aliphatic heterocycles. The van der Waals surface area contributed by atoms with E-state index < -0.39 is 19.8 Å². The molecule has 0 bridgehead atoms. The molecule has 0 atom stereocenters. The van der Waals surface area contributed by atoms with Crippen molar-refractivity contribution in [2.24, 2.45) is 0 Å². The van der Waals surface area contributed by atoms with E-state index in [9.17, 15) is 28.6 Å². The van der Waals surface area contributed by atoms with Crippen molar-refractivity contribution in [1.82, 2.24) is 0 Å². The number of ketones is 2. The van der Waals surface area contributed by atoms with Crippen molar-refractivity contribution < 1.29 is 47.2 Å². The van der Waals surface area contributed by atoms with Crippen LogP contribution in [0.4, 0.5) is 0 Å². The van der Waals surface area contributed by atoms with Crippen LogP contribution in [0.3, 0.4) is 0 Å². The molecule has 1 N–H and O–H groups in total. The number of methoxy groups -OCH3 is 2. The lowest BCUT2D eigenvalue weighted by Crippen LogP contribution is -2.12. The van der Waals surface area contributed by atoms with Crippen molar-refractivity contribution in [3.8, 4) is 11.5 Å². The van der Waals surface area contributed by atoms with Crippen LogP contribution >= 0.6 is 7.82 Å². The first-order valence-electron chi connectivity index (χ1n) is 12.9. The van der Waals surface area contributed by atoms with E-state index in [-0.39, 0.29) is 58.2 Å². The molecule has 0 spiro atoms. The van der Waals surface area contributed by atoms with Crippen LogP contribution in [0.15, 0.2) is 97.1 Å². The summed E-state index contributed by atoms with van der Waals surface area (Å²) in [5.41, 5.74) is 1.56. The second kappa shape index (κ2) is 13.7. The first-order chi connectivity index (χ1) is 20.6. The van der Waals surface area contributed by atoms with E-state index >= 15 is 0 Å². The van der Waals surface area contributed by atoms with E-state index in [1.807, 2.05) is 0 Å². The van der Waals surface area contributed by atoms with E-state index in [4.69, 9.17) is 18.5 Å². The predicted molar refractivity (Wildman–Crippen MR) is 155 cm³/mol. The second-order valence-corrected chi connectivity index (χ2v) is 10.5.